The summed E-state index contributed by atoms with van der Waals surface area (Å²) in [5.41, 5.74) is -0.674. The van der Waals surface area contributed by atoms with Gasteiger partial charge >= 0.3 is 5.97 Å². The maximum absolute atomic E-state index is 13.9. The van der Waals surface area contributed by atoms with Gasteiger partial charge < -0.3 is 9.84 Å². The second-order valence-electron chi connectivity index (χ2n) is 5.75. The molecule has 134 valence electrons. The number of hydrogen-bond donors (Lipinski definition) is 2. The first-order valence-corrected chi connectivity index (χ1v) is 8.94. The van der Waals surface area contributed by atoms with Crippen LogP contribution in [0.3, 0.4) is 0 Å². The van der Waals surface area contributed by atoms with Gasteiger partial charge in [0.05, 0.1) is 24.5 Å². The van der Waals surface area contributed by atoms with Crippen LogP contribution in [0.5, 0.6) is 0 Å². The monoisotopic (exact) mass is 369 g/mol. The summed E-state index contributed by atoms with van der Waals surface area (Å²) in [6, 6.07) is 2.24. The number of carboxylic acid groups (broad SMARTS) is 1. The van der Waals surface area contributed by atoms with E-state index in [9.17, 15) is 17.6 Å². The highest BCUT2D eigenvalue weighted by atomic mass is 32.2. The van der Waals surface area contributed by atoms with Crippen molar-refractivity contribution in [2.45, 2.75) is 24.3 Å². The summed E-state index contributed by atoms with van der Waals surface area (Å²) in [4.78, 5) is 11.1. The Labute approximate surface area is 143 Å². The lowest BCUT2D eigenvalue weighted by Crippen LogP contribution is -2.16. The molecule has 8 nitrogen and oxygen atoms in total. The Hall–Kier alpha value is -2.46. The maximum Gasteiger partial charge on any atom is 0.340 e. The summed E-state index contributed by atoms with van der Waals surface area (Å²) in [6.07, 6.45) is 3.22. The van der Waals surface area contributed by atoms with Gasteiger partial charge in [0.15, 0.2) is 0 Å². The molecular formula is C15H16FN3O5S. The van der Waals surface area contributed by atoms with Crippen molar-refractivity contribution in [1.29, 1.82) is 0 Å². The summed E-state index contributed by atoms with van der Waals surface area (Å²) in [6.45, 7) is 2.56. The Kier molecular flexibility index (Phi) is 4.48. The predicted molar refractivity (Wildman–Crippen MR) is 85.6 cm³/mol. The number of aryl methyl sites for hydroxylation is 1. The first kappa shape index (κ1) is 17.4. The molecule has 3 rings (SSSR count). The quantitative estimate of drug-likeness (QED) is 0.831. The largest absolute Gasteiger partial charge is 0.478 e. The number of benzene rings is 1. The van der Waals surface area contributed by atoms with E-state index < -0.39 is 27.4 Å². The fourth-order valence-corrected chi connectivity index (χ4v) is 3.63. The van der Waals surface area contributed by atoms with Crippen molar-refractivity contribution >= 4 is 21.7 Å². The van der Waals surface area contributed by atoms with E-state index in [1.54, 1.807) is 0 Å². The minimum atomic E-state index is -4.12. The van der Waals surface area contributed by atoms with Crippen molar-refractivity contribution in [1.82, 2.24) is 9.78 Å². The number of aromatic nitrogens is 2. The number of aromatic carboxylic acids is 1. The molecule has 1 aromatic heterocycles. The molecule has 2 heterocycles. The van der Waals surface area contributed by atoms with E-state index in [0.29, 0.717) is 18.8 Å². The molecule has 1 unspecified atom stereocenters. The number of halogens is 1. The van der Waals surface area contributed by atoms with E-state index in [1.165, 1.54) is 23.9 Å². The van der Waals surface area contributed by atoms with Gasteiger partial charge in [-0.2, -0.15) is 5.10 Å². The molecular weight excluding hydrogens is 353 g/mol. The molecule has 0 amide bonds. The number of anilines is 1. The van der Waals surface area contributed by atoms with Crippen LogP contribution in [0, 0.1) is 12.7 Å². The van der Waals surface area contributed by atoms with Crippen LogP contribution in [-0.2, 0) is 14.8 Å². The SMILES string of the molecule is Cc1cc(F)c(C(=O)O)c(NS(=O)(=O)c2cnn(C3CCOC3)c2)c1. The number of nitrogens with one attached hydrogen (secondary N) is 1. The van der Waals surface area contributed by atoms with E-state index in [1.807, 2.05) is 0 Å². The van der Waals surface area contributed by atoms with Gasteiger partial charge in [-0.15, -0.1) is 0 Å². The van der Waals surface area contributed by atoms with Crippen molar-refractivity contribution in [3.8, 4) is 0 Å². The van der Waals surface area contributed by atoms with Crippen molar-refractivity contribution in [2.75, 3.05) is 17.9 Å². The summed E-state index contributed by atoms with van der Waals surface area (Å²) in [7, 11) is -4.12. The molecule has 1 saturated heterocycles. The Morgan fingerprint density at radius 1 is 1.48 bits per heavy atom. The third-order valence-corrected chi connectivity index (χ3v) is 5.18. The fraction of sp³-hybridized carbons (Fsp3) is 0.333. The van der Waals surface area contributed by atoms with E-state index >= 15 is 0 Å². The van der Waals surface area contributed by atoms with Gasteiger partial charge in [-0.25, -0.2) is 17.6 Å². The van der Waals surface area contributed by atoms with Crippen LogP contribution in [-0.4, -0.2) is 42.5 Å². The Bertz CT molecular complexity index is 919. The van der Waals surface area contributed by atoms with Crippen molar-refractivity contribution < 1.29 is 27.4 Å². The maximum atomic E-state index is 13.9. The zero-order valence-corrected chi connectivity index (χ0v) is 14.1. The molecule has 2 N–H and O–H groups in total. The summed E-state index contributed by atoms with van der Waals surface area (Å²) < 4.78 is 47.8. The molecule has 10 heteroatoms. The Balaban J connectivity index is 1.93. The molecule has 0 bridgehead atoms. The number of carbonyl (C=O) groups is 1. The summed E-state index contributed by atoms with van der Waals surface area (Å²) in [5.74, 6) is -2.57. The van der Waals surface area contributed by atoms with E-state index in [0.717, 1.165) is 18.7 Å². The number of sulfonamides is 1. The van der Waals surface area contributed by atoms with E-state index in [4.69, 9.17) is 9.84 Å². The van der Waals surface area contributed by atoms with Crippen LogP contribution < -0.4 is 4.72 Å². The number of carboxylic acids is 1. The minimum absolute atomic E-state index is 0.0463. The highest BCUT2D eigenvalue weighted by Crippen LogP contribution is 2.25. The first-order valence-electron chi connectivity index (χ1n) is 7.46. The molecule has 1 fully saturated rings. The average Bonchev–Trinajstić information content (AvgIpc) is 3.17. The van der Waals surface area contributed by atoms with Gasteiger partial charge in [0.25, 0.3) is 10.0 Å². The number of hydrogen-bond acceptors (Lipinski definition) is 5. The highest BCUT2D eigenvalue weighted by Gasteiger charge is 2.25. The van der Waals surface area contributed by atoms with Gasteiger partial charge in [-0.3, -0.25) is 9.40 Å². The molecule has 0 aliphatic carbocycles. The zero-order chi connectivity index (χ0) is 18.2. The lowest BCUT2D eigenvalue weighted by Gasteiger charge is -2.11. The third kappa shape index (κ3) is 3.49. The lowest BCUT2D eigenvalue weighted by atomic mass is 10.1. The van der Waals surface area contributed by atoms with Crippen LogP contribution in [0.25, 0.3) is 0 Å². The second kappa shape index (κ2) is 6.45. The van der Waals surface area contributed by atoms with Crippen molar-refractivity contribution in [3.05, 3.63) is 41.5 Å². The van der Waals surface area contributed by atoms with E-state index in [2.05, 4.69) is 9.82 Å². The molecule has 1 aliphatic heterocycles. The highest BCUT2D eigenvalue weighted by molar-refractivity contribution is 7.92. The second-order valence-corrected chi connectivity index (χ2v) is 7.44. The number of ether oxygens (including phenoxy) is 1. The molecule has 25 heavy (non-hydrogen) atoms. The van der Waals surface area contributed by atoms with Crippen LogP contribution in [0.15, 0.2) is 29.4 Å². The van der Waals surface area contributed by atoms with Crippen LogP contribution in [0.4, 0.5) is 10.1 Å². The average molecular weight is 369 g/mol. The topological polar surface area (TPSA) is 111 Å². The van der Waals surface area contributed by atoms with Crippen molar-refractivity contribution in [2.24, 2.45) is 0 Å². The smallest absolute Gasteiger partial charge is 0.340 e. The van der Waals surface area contributed by atoms with Gasteiger partial charge in [0.1, 0.15) is 16.3 Å². The van der Waals surface area contributed by atoms with Crippen LogP contribution >= 0.6 is 0 Å². The first-order chi connectivity index (χ1) is 11.8. The molecule has 2 aromatic rings. The van der Waals surface area contributed by atoms with Gasteiger partial charge in [-0.05, 0) is 31.0 Å². The predicted octanol–water partition coefficient (Wildman–Crippen LogP) is 1.79. The van der Waals surface area contributed by atoms with Gasteiger partial charge in [-0.1, -0.05) is 0 Å². The molecule has 1 atom stereocenters. The minimum Gasteiger partial charge on any atom is -0.478 e. The van der Waals surface area contributed by atoms with Crippen molar-refractivity contribution in [3.63, 3.8) is 0 Å². The molecule has 1 aromatic carbocycles. The zero-order valence-electron chi connectivity index (χ0n) is 13.3. The molecule has 1 aliphatic rings. The van der Waals surface area contributed by atoms with Gasteiger partial charge in [0, 0.05) is 12.8 Å². The van der Waals surface area contributed by atoms with Crippen LogP contribution in [0.2, 0.25) is 0 Å². The van der Waals surface area contributed by atoms with Gasteiger partial charge in [0.2, 0.25) is 0 Å². The third-order valence-electron chi connectivity index (χ3n) is 3.86. The summed E-state index contributed by atoms with van der Waals surface area (Å²) >= 11 is 0. The number of nitrogens with zero attached hydrogens (tertiary/aromatic N) is 2. The normalized spacial score (nSPS) is 17.6. The molecule has 0 spiro atoms. The van der Waals surface area contributed by atoms with Crippen LogP contribution in [0.1, 0.15) is 28.4 Å². The Morgan fingerprint density at radius 2 is 2.24 bits per heavy atom. The summed E-state index contributed by atoms with van der Waals surface area (Å²) in [5, 5.41) is 13.2. The molecule has 0 radical (unpaired) electrons. The fourth-order valence-electron chi connectivity index (χ4n) is 2.63. The standard InChI is InChI=1S/C15H16FN3O5S/c1-9-4-12(16)14(15(20)21)13(5-9)18-25(22,23)11-6-17-19(7-11)10-2-3-24-8-10/h4-7,10,18H,2-3,8H2,1H3,(H,20,21). The Morgan fingerprint density at radius 3 is 2.88 bits per heavy atom. The lowest BCUT2D eigenvalue weighted by molar-refractivity contribution is 0.0693. The molecule has 0 saturated carbocycles. The van der Waals surface area contributed by atoms with E-state index in [-0.39, 0.29) is 16.6 Å². The number of rotatable bonds is 5.